The number of ether oxygens (including phenoxy) is 2. The van der Waals surface area contributed by atoms with E-state index in [-0.39, 0.29) is 11.4 Å². The second-order valence-electron chi connectivity index (χ2n) is 6.94. The highest BCUT2D eigenvalue weighted by Crippen LogP contribution is 2.27. The zero-order chi connectivity index (χ0) is 24.0. The number of sulfonamides is 1. The van der Waals surface area contributed by atoms with Gasteiger partial charge in [0.1, 0.15) is 5.82 Å². The molecule has 3 aromatic carbocycles. The number of halogens is 2. The Morgan fingerprint density at radius 1 is 0.970 bits per heavy atom. The van der Waals surface area contributed by atoms with Gasteiger partial charge in [-0.2, -0.15) is 0 Å². The molecule has 0 aliphatic carbocycles. The summed E-state index contributed by atoms with van der Waals surface area (Å²) in [4.78, 5) is 12.3. The SMILES string of the molecule is COc1ccc(CCNS(=O)(=O)c2ccc(F)c(C(=O)Nc3ccc(Cl)cc3)c2)cc1OC. The number of carbonyl (C=O) groups excluding carboxylic acids is 1. The summed E-state index contributed by atoms with van der Waals surface area (Å²) < 4.78 is 52.6. The monoisotopic (exact) mass is 492 g/mol. The summed E-state index contributed by atoms with van der Waals surface area (Å²) in [5.74, 6) is -0.520. The van der Waals surface area contributed by atoms with Crippen LogP contribution in [0.25, 0.3) is 0 Å². The van der Waals surface area contributed by atoms with Gasteiger partial charge >= 0.3 is 0 Å². The van der Waals surface area contributed by atoms with Crippen molar-refractivity contribution < 1.29 is 27.1 Å². The largest absolute Gasteiger partial charge is 0.493 e. The van der Waals surface area contributed by atoms with Crippen LogP contribution in [-0.2, 0) is 16.4 Å². The van der Waals surface area contributed by atoms with Crippen LogP contribution in [0.2, 0.25) is 5.02 Å². The van der Waals surface area contributed by atoms with Crippen LogP contribution >= 0.6 is 11.6 Å². The first-order valence-electron chi connectivity index (χ1n) is 9.80. The molecule has 3 rings (SSSR count). The summed E-state index contributed by atoms with van der Waals surface area (Å²) in [6.45, 7) is 0.0848. The molecule has 0 saturated carbocycles. The number of hydrogen-bond acceptors (Lipinski definition) is 5. The van der Waals surface area contributed by atoms with Crippen LogP contribution in [0.1, 0.15) is 15.9 Å². The van der Waals surface area contributed by atoms with Crippen LogP contribution in [-0.4, -0.2) is 35.1 Å². The topological polar surface area (TPSA) is 93.7 Å². The van der Waals surface area contributed by atoms with Gasteiger partial charge in [-0.25, -0.2) is 17.5 Å². The Bertz CT molecular complexity index is 1250. The first-order chi connectivity index (χ1) is 15.7. The molecular weight excluding hydrogens is 471 g/mol. The van der Waals surface area contributed by atoms with Gasteiger partial charge in [0.2, 0.25) is 10.0 Å². The summed E-state index contributed by atoms with van der Waals surface area (Å²) >= 11 is 5.81. The molecule has 0 heterocycles. The molecule has 0 atom stereocenters. The van der Waals surface area contributed by atoms with E-state index in [1.54, 1.807) is 42.5 Å². The molecule has 7 nitrogen and oxygen atoms in total. The molecule has 0 spiro atoms. The molecule has 3 aromatic rings. The summed E-state index contributed by atoms with van der Waals surface area (Å²) in [5, 5.41) is 2.99. The fourth-order valence-corrected chi connectivity index (χ4v) is 4.21. The number of nitrogens with one attached hydrogen (secondary N) is 2. The Morgan fingerprint density at radius 2 is 1.67 bits per heavy atom. The van der Waals surface area contributed by atoms with E-state index in [0.29, 0.717) is 28.6 Å². The minimum Gasteiger partial charge on any atom is -0.493 e. The van der Waals surface area contributed by atoms with E-state index < -0.39 is 27.3 Å². The van der Waals surface area contributed by atoms with E-state index in [2.05, 4.69) is 10.0 Å². The van der Waals surface area contributed by atoms with Crippen molar-refractivity contribution >= 4 is 33.2 Å². The Balaban J connectivity index is 1.70. The molecule has 2 N–H and O–H groups in total. The van der Waals surface area contributed by atoms with Crippen molar-refractivity contribution in [1.29, 1.82) is 0 Å². The van der Waals surface area contributed by atoms with Gasteiger partial charge in [0.05, 0.1) is 24.7 Å². The number of rotatable bonds is 9. The van der Waals surface area contributed by atoms with Crippen LogP contribution in [0, 0.1) is 5.82 Å². The van der Waals surface area contributed by atoms with Gasteiger partial charge in [0.25, 0.3) is 5.91 Å². The quantitative estimate of drug-likeness (QED) is 0.465. The zero-order valence-electron chi connectivity index (χ0n) is 17.9. The number of methoxy groups -OCH3 is 2. The third-order valence-electron chi connectivity index (χ3n) is 4.75. The first kappa shape index (κ1) is 24.5. The van der Waals surface area contributed by atoms with Crippen LogP contribution in [0.15, 0.2) is 65.6 Å². The lowest BCUT2D eigenvalue weighted by atomic mass is 10.1. The smallest absolute Gasteiger partial charge is 0.258 e. The molecule has 1 amide bonds. The molecule has 33 heavy (non-hydrogen) atoms. The van der Waals surface area contributed by atoms with Gasteiger partial charge in [0, 0.05) is 17.3 Å². The van der Waals surface area contributed by atoms with Crippen LogP contribution in [0.4, 0.5) is 10.1 Å². The highest BCUT2D eigenvalue weighted by atomic mass is 35.5. The zero-order valence-corrected chi connectivity index (χ0v) is 19.5. The summed E-state index contributed by atoms with van der Waals surface area (Å²) in [5.41, 5.74) is 0.829. The van der Waals surface area contributed by atoms with Crippen molar-refractivity contribution in [3.63, 3.8) is 0 Å². The van der Waals surface area contributed by atoms with Gasteiger partial charge < -0.3 is 14.8 Å². The highest BCUT2D eigenvalue weighted by molar-refractivity contribution is 7.89. The van der Waals surface area contributed by atoms with E-state index in [9.17, 15) is 17.6 Å². The highest BCUT2D eigenvalue weighted by Gasteiger charge is 2.19. The number of benzene rings is 3. The average molecular weight is 493 g/mol. The molecule has 0 radical (unpaired) electrons. The average Bonchev–Trinajstić information content (AvgIpc) is 2.80. The van der Waals surface area contributed by atoms with Gasteiger partial charge in [-0.3, -0.25) is 4.79 Å². The van der Waals surface area contributed by atoms with Crippen molar-refractivity contribution in [3.05, 3.63) is 82.6 Å². The molecule has 0 bridgehead atoms. The van der Waals surface area contributed by atoms with Crippen molar-refractivity contribution in [1.82, 2.24) is 4.72 Å². The van der Waals surface area contributed by atoms with Crippen molar-refractivity contribution in [2.24, 2.45) is 0 Å². The van der Waals surface area contributed by atoms with Crippen molar-refractivity contribution in [2.45, 2.75) is 11.3 Å². The van der Waals surface area contributed by atoms with E-state index >= 15 is 0 Å². The lowest BCUT2D eigenvalue weighted by Gasteiger charge is -2.11. The maximum absolute atomic E-state index is 14.3. The summed E-state index contributed by atoms with van der Waals surface area (Å²) in [6.07, 6.45) is 0.380. The van der Waals surface area contributed by atoms with E-state index in [1.807, 2.05) is 0 Å². The number of hydrogen-bond donors (Lipinski definition) is 2. The summed E-state index contributed by atoms with van der Waals surface area (Å²) in [6, 6.07) is 14.6. The molecule has 0 unspecified atom stereocenters. The van der Waals surface area contributed by atoms with Crippen LogP contribution in [0.3, 0.4) is 0 Å². The maximum Gasteiger partial charge on any atom is 0.258 e. The van der Waals surface area contributed by atoms with Crippen molar-refractivity contribution in [3.8, 4) is 11.5 Å². The Morgan fingerprint density at radius 3 is 2.33 bits per heavy atom. The third-order valence-corrected chi connectivity index (χ3v) is 6.46. The van der Waals surface area contributed by atoms with Crippen LogP contribution in [0.5, 0.6) is 11.5 Å². The first-order valence-corrected chi connectivity index (χ1v) is 11.7. The van der Waals surface area contributed by atoms with E-state index in [1.165, 1.54) is 14.2 Å². The Labute approximate surface area is 196 Å². The Hall–Kier alpha value is -3.14. The summed E-state index contributed by atoms with van der Waals surface area (Å²) in [7, 11) is -0.941. The minimum absolute atomic E-state index is 0.0848. The lowest BCUT2D eigenvalue weighted by Crippen LogP contribution is -2.26. The van der Waals surface area contributed by atoms with Gasteiger partial charge in [0.15, 0.2) is 11.5 Å². The van der Waals surface area contributed by atoms with Gasteiger partial charge in [-0.1, -0.05) is 17.7 Å². The molecule has 10 heteroatoms. The predicted octanol–water partition coefficient (Wildman–Crippen LogP) is 4.27. The normalized spacial score (nSPS) is 11.2. The Kier molecular flexibility index (Phi) is 7.91. The van der Waals surface area contributed by atoms with Crippen molar-refractivity contribution in [2.75, 3.05) is 26.1 Å². The standard InChI is InChI=1S/C23H22ClFN2O5S/c1-31-21-10-3-15(13-22(21)32-2)11-12-26-33(29,30)18-8-9-20(25)19(14-18)23(28)27-17-6-4-16(24)5-7-17/h3-10,13-14,26H,11-12H2,1-2H3,(H,27,28). The van der Waals surface area contributed by atoms with Gasteiger partial charge in [-0.05, 0) is 66.6 Å². The fourth-order valence-electron chi connectivity index (χ4n) is 3.03. The number of carbonyl (C=O) groups is 1. The second-order valence-corrected chi connectivity index (χ2v) is 9.14. The molecule has 0 aromatic heterocycles. The minimum atomic E-state index is -3.98. The number of anilines is 1. The van der Waals surface area contributed by atoms with Crippen LogP contribution < -0.4 is 19.5 Å². The van der Waals surface area contributed by atoms with Gasteiger partial charge in [-0.15, -0.1) is 0 Å². The molecule has 0 fully saturated rings. The molecule has 0 saturated heterocycles. The van der Waals surface area contributed by atoms with E-state index in [0.717, 1.165) is 23.8 Å². The van der Waals surface area contributed by atoms with E-state index in [4.69, 9.17) is 21.1 Å². The predicted molar refractivity (Wildman–Crippen MR) is 124 cm³/mol. The number of amides is 1. The fraction of sp³-hybridized carbons (Fsp3) is 0.174. The third kappa shape index (κ3) is 6.22. The molecule has 0 aliphatic rings. The second kappa shape index (κ2) is 10.7. The molecule has 0 aliphatic heterocycles. The molecular formula is C23H22ClFN2O5S. The molecule has 174 valence electrons. The maximum atomic E-state index is 14.3. The lowest BCUT2D eigenvalue weighted by molar-refractivity contribution is 0.102.